The number of aryl methyl sites for hydroxylation is 1. The van der Waals surface area contributed by atoms with Crippen molar-refractivity contribution >= 4 is 5.91 Å². The van der Waals surface area contributed by atoms with Gasteiger partial charge in [0.25, 0.3) is 0 Å². The maximum atomic E-state index is 12.3. The van der Waals surface area contributed by atoms with E-state index in [9.17, 15) is 4.79 Å². The molecule has 1 heterocycles. The Morgan fingerprint density at radius 2 is 1.71 bits per heavy atom. The Bertz CT molecular complexity index is 1210. The number of methoxy groups -OCH3 is 1. The van der Waals surface area contributed by atoms with Gasteiger partial charge in [-0.1, -0.05) is 48.5 Å². The first kappa shape index (κ1) is 23.9. The van der Waals surface area contributed by atoms with Crippen LogP contribution in [0.15, 0.2) is 91.4 Å². The molecule has 0 fully saturated rings. The number of carbonyl (C=O) groups excluding carboxylic acids is 1. The molecule has 0 saturated carbocycles. The number of nitrogens with zero attached hydrogens (tertiary/aromatic N) is 2. The van der Waals surface area contributed by atoms with Crippen molar-refractivity contribution in [3.05, 3.63) is 97.0 Å². The summed E-state index contributed by atoms with van der Waals surface area (Å²) in [6.45, 7) is 1.84. The number of benzene rings is 3. The van der Waals surface area contributed by atoms with E-state index >= 15 is 0 Å². The monoisotopic (exact) mass is 471 g/mol. The lowest BCUT2D eigenvalue weighted by molar-refractivity contribution is -0.121. The summed E-state index contributed by atoms with van der Waals surface area (Å²) in [7, 11) is 1.62. The van der Waals surface area contributed by atoms with Crippen molar-refractivity contribution in [2.45, 2.75) is 19.6 Å². The van der Waals surface area contributed by atoms with Gasteiger partial charge in [-0.15, -0.1) is 0 Å². The van der Waals surface area contributed by atoms with E-state index in [0.717, 1.165) is 22.6 Å². The third-order valence-electron chi connectivity index (χ3n) is 5.42. The molecule has 0 spiro atoms. The quantitative estimate of drug-likeness (QED) is 0.303. The van der Waals surface area contributed by atoms with Crippen LogP contribution < -0.4 is 19.5 Å². The first-order valence-electron chi connectivity index (χ1n) is 11.5. The number of amides is 1. The van der Waals surface area contributed by atoms with E-state index in [4.69, 9.17) is 14.2 Å². The summed E-state index contributed by atoms with van der Waals surface area (Å²) in [5, 5.41) is 2.89. The molecule has 0 atom stereocenters. The largest absolute Gasteiger partial charge is 0.493 e. The highest BCUT2D eigenvalue weighted by Crippen LogP contribution is 2.33. The zero-order valence-electron chi connectivity index (χ0n) is 19.7. The molecule has 1 aromatic heterocycles. The summed E-state index contributed by atoms with van der Waals surface area (Å²) in [6.07, 6.45) is 3.85. The number of aromatic nitrogens is 2. The average molecular weight is 472 g/mol. The number of nitrogens with one attached hydrogen (secondary N) is 1. The first-order chi connectivity index (χ1) is 17.2. The van der Waals surface area contributed by atoms with Crippen molar-refractivity contribution in [2.75, 3.05) is 20.3 Å². The summed E-state index contributed by atoms with van der Waals surface area (Å²) in [6, 6.07) is 25.3. The van der Waals surface area contributed by atoms with Crippen molar-refractivity contribution in [1.82, 2.24) is 14.9 Å². The van der Waals surface area contributed by atoms with Gasteiger partial charge in [-0.25, -0.2) is 4.98 Å². The molecule has 0 bridgehead atoms. The molecule has 180 valence electrons. The van der Waals surface area contributed by atoms with Crippen LogP contribution in [-0.4, -0.2) is 35.7 Å². The molecular weight excluding hydrogens is 442 g/mol. The Labute approximate surface area is 205 Å². The van der Waals surface area contributed by atoms with E-state index in [1.165, 1.54) is 0 Å². The molecule has 7 nitrogen and oxygen atoms in total. The molecule has 0 radical (unpaired) electrons. The summed E-state index contributed by atoms with van der Waals surface area (Å²) in [4.78, 5) is 16.6. The Balaban J connectivity index is 1.30. The van der Waals surface area contributed by atoms with Gasteiger partial charge < -0.3 is 24.1 Å². The van der Waals surface area contributed by atoms with Gasteiger partial charge in [0.05, 0.1) is 31.9 Å². The third-order valence-corrected chi connectivity index (χ3v) is 5.42. The Morgan fingerprint density at radius 1 is 0.943 bits per heavy atom. The summed E-state index contributed by atoms with van der Waals surface area (Å²) in [5.41, 5.74) is 2.92. The second-order valence-corrected chi connectivity index (χ2v) is 7.87. The van der Waals surface area contributed by atoms with Crippen LogP contribution in [0, 0.1) is 0 Å². The smallest absolute Gasteiger partial charge is 0.221 e. The standard InChI is InChI=1S/C28H29N3O4/c1-33-27-18-23(12-13-26(27)35-20-22-8-4-2-5-9-22)25-19-29-21-31(25)16-14-28(32)30-15-17-34-24-10-6-3-7-11-24/h2-13,18-19,21H,14-17,20H2,1H3,(H,30,32). The van der Waals surface area contributed by atoms with Crippen molar-refractivity contribution in [3.8, 4) is 28.5 Å². The number of hydrogen-bond acceptors (Lipinski definition) is 5. The highest BCUT2D eigenvalue weighted by atomic mass is 16.5. The van der Waals surface area contributed by atoms with Gasteiger partial charge >= 0.3 is 0 Å². The van der Waals surface area contributed by atoms with Gasteiger partial charge in [0.15, 0.2) is 11.5 Å². The zero-order valence-corrected chi connectivity index (χ0v) is 19.7. The SMILES string of the molecule is COc1cc(-c2cncn2CCC(=O)NCCOc2ccccc2)ccc1OCc1ccccc1. The van der Waals surface area contributed by atoms with Gasteiger partial charge in [-0.05, 0) is 35.9 Å². The fraction of sp³-hybridized carbons (Fsp3) is 0.214. The molecule has 0 aliphatic carbocycles. The van der Waals surface area contributed by atoms with Gasteiger partial charge in [0, 0.05) is 18.5 Å². The number of imidazole rings is 1. The van der Waals surface area contributed by atoms with Crippen LogP contribution in [0.25, 0.3) is 11.3 Å². The molecule has 0 aliphatic heterocycles. The molecule has 7 heteroatoms. The third kappa shape index (κ3) is 6.86. The Hall–Kier alpha value is -4.26. The zero-order chi connectivity index (χ0) is 24.3. The van der Waals surface area contributed by atoms with Gasteiger partial charge in [-0.3, -0.25) is 4.79 Å². The minimum absolute atomic E-state index is 0.0384. The van der Waals surface area contributed by atoms with Crippen LogP contribution in [0.3, 0.4) is 0 Å². The molecule has 4 aromatic rings. The van der Waals surface area contributed by atoms with Crippen molar-refractivity contribution in [2.24, 2.45) is 0 Å². The molecule has 0 saturated heterocycles. The summed E-state index contributed by atoms with van der Waals surface area (Å²) < 4.78 is 19.1. The minimum atomic E-state index is -0.0384. The number of hydrogen-bond donors (Lipinski definition) is 1. The average Bonchev–Trinajstić information content (AvgIpc) is 3.38. The minimum Gasteiger partial charge on any atom is -0.493 e. The molecule has 0 unspecified atom stereocenters. The van der Waals surface area contributed by atoms with Crippen LogP contribution in [0.1, 0.15) is 12.0 Å². The first-order valence-corrected chi connectivity index (χ1v) is 11.5. The highest BCUT2D eigenvalue weighted by Gasteiger charge is 2.12. The molecule has 3 aromatic carbocycles. The van der Waals surface area contributed by atoms with Crippen LogP contribution in [-0.2, 0) is 17.9 Å². The molecule has 1 amide bonds. The van der Waals surface area contributed by atoms with Crippen LogP contribution in [0.5, 0.6) is 17.2 Å². The normalized spacial score (nSPS) is 10.5. The molecular formula is C28H29N3O4. The van der Waals surface area contributed by atoms with Crippen molar-refractivity contribution in [1.29, 1.82) is 0 Å². The number of carbonyl (C=O) groups is 1. The van der Waals surface area contributed by atoms with Crippen LogP contribution in [0.2, 0.25) is 0 Å². The van der Waals surface area contributed by atoms with Gasteiger partial charge in [-0.2, -0.15) is 0 Å². The van der Waals surface area contributed by atoms with E-state index in [-0.39, 0.29) is 5.91 Å². The number of ether oxygens (including phenoxy) is 3. The lowest BCUT2D eigenvalue weighted by Gasteiger charge is -2.14. The Kier molecular flexibility index (Phi) is 8.37. The predicted octanol–water partition coefficient (Wildman–Crippen LogP) is 4.72. The van der Waals surface area contributed by atoms with E-state index in [1.807, 2.05) is 83.4 Å². The lowest BCUT2D eigenvalue weighted by Crippen LogP contribution is -2.28. The van der Waals surface area contributed by atoms with Crippen molar-refractivity contribution in [3.63, 3.8) is 0 Å². The van der Waals surface area contributed by atoms with Gasteiger partial charge in [0.1, 0.15) is 19.0 Å². The fourth-order valence-electron chi connectivity index (χ4n) is 3.61. The summed E-state index contributed by atoms with van der Waals surface area (Å²) in [5.74, 6) is 2.06. The van der Waals surface area contributed by atoms with Crippen molar-refractivity contribution < 1.29 is 19.0 Å². The van der Waals surface area contributed by atoms with E-state index in [1.54, 1.807) is 19.6 Å². The van der Waals surface area contributed by atoms with Crippen LogP contribution >= 0.6 is 0 Å². The van der Waals surface area contributed by atoms with Gasteiger partial charge in [0.2, 0.25) is 5.91 Å². The molecule has 35 heavy (non-hydrogen) atoms. The highest BCUT2D eigenvalue weighted by molar-refractivity contribution is 5.76. The second-order valence-electron chi connectivity index (χ2n) is 7.87. The molecule has 4 rings (SSSR count). The number of para-hydroxylation sites is 1. The maximum Gasteiger partial charge on any atom is 0.221 e. The second kappa shape index (κ2) is 12.3. The fourth-order valence-corrected chi connectivity index (χ4v) is 3.61. The summed E-state index contributed by atoms with van der Waals surface area (Å²) >= 11 is 0. The topological polar surface area (TPSA) is 74.6 Å². The lowest BCUT2D eigenvalue weighted by atomic mass is 10.1. The van der Waals surface area contributed by atoms with E-state index < -0.39 is 0 Å². The predicted molar refractivity (Wildman–Crippen MR) is 135 cm³/mol. The van der Waals surface area contributed by atoms with Crippen LogP contribution in [0.4, 0.5) is 0 Å². The Morgan fingerprint density at radius 3 is 2.49 bits per heavy atom. The molecule has 0 aliphatic rings. The number of rotatable bonds is 12. The molecule has 1 N–H and O–H groups in total. The van der Waals surface area contributed by atoms with E-state index in [2.05, 4.69) is 10.3 Å². The van der Waals surface area contributed by atoms with E-state index in [0.29, 0.717) is 44.2 Å². The maximum absolute atomic E-state index is 12.3.